The molecule has 2 aliphatic rings. The lowest BCUT2D eigenvalue weighted by atomic mass is 9.87. The van der Waals surface area contributed by atoms with Crippen LogP contribution in [0.1, 0.15) is 67.7 Å². The molecule has 0 radical (unpaired) electrons. The van der Waals surface area contributed by atoms with Gasteiger partial charge in [-0.05, 0) is 72.5 Å². The predicted molar refractivity (Wildman–Crippen MR) is 163 cm³/mol. The second kappa shape index (κ2) is 13.4. The Bertz CT molecular complexity index is 1490. The number of ether oxygens (including phenoxy) is 6. The monoisotopic (exact) mass is 588 g/mol. The highest BCUT2D eigenvalue weighted by atomic mass is 16.7. The van der Waals surface area contributed by atoms with Gasteiger partial charge in [0, 0.05) is 17.6 Å². The number of aryl methyl sites for hydroxylation is 1. The molecule has 2 aliphatic heterocycles. The third-order valence-electron chi connectivity index (χ3n) is 7.97. The second-order valence-electron chi connectivity index (χ2n) is 10.9. The summed E-state index contributed by atoms with van der Waals surface area (Å²) in [4.78, 5) is 13.5. The molecule has 0 spiro atoms. The van der Waals surface area contributed by atoms with Crippen LogP contribution in [0.4, 0.5) is 0 Å². The first-order valence-corrected chi connectivity index (χ1v) is 14.9. The lowest BCUT2D eigenvalue weighted by Crippen LogP contribution is -2.30. The zero-order chi connectivity index (χ0) is 30.4. The number of unbranched alkanes of at least 4 members (excludes halogenated alkanes) is 5. The summed E-state index contributed by atoms with van der Waals surface area (Å²) in [6.07, 6.45) is 7.30. The Morgan fingerprint density at radius 1 is 0.837 bits per heavy atom. The van der Waals surface area contributed by atoms with Crippen molar-refractivity contribution in [3.8, 4) is 28.7 Å². The highest BCUT2D eigenvalue weighted by Gasteiger charge is 2.48. The number of hydrogen-bond acceptors (Lipinski definition) is 8. The molecule has 1 unspecified atom stereocenters. The first kappa shape index (κ1) is 30.3. The van der Waals surface area contributed by atoms with E-state index in [1.54, 1.807) is 50.6 Å². The van der Waals surface area contributed by atoms with Gasteiger partial charge >= 0.3 is 5.97 Å². The van der Waals surface area contributed by atoms with Crippen LogP contribution in [0.2, 0.25) is 0 Å². The maximum atomic E-state index is 13.5. The topological polar surface area (TPSA) is 92.7 Å². The normalized spacial score (nSPS) is 17.3. The lowest BCUT2D eigenvalue weighted by Gasteiger charge is -2.26. The van der Waals surface area contributed by atoms with Crippen molar-refractivity contribution in [1.82, 2.24) is 0 Å². The number of cyclic esters (lactones) is 1. The largest absolute Gasteiger partial charge is 0.496 e. The van der Waals surface area contributed by atoms with Crippen molar-refractivity contribution in [2.45, 2.75) is 64.6 Å². The van der Waals surface area contributed by atoms with Gasteiger partial charge in [-0.25, -0.2) is 4.79 Å². The van der Waals surface area contributed by atoms with E-state index in [0.717, 1.165) is 24.0 Å². The average Bonchev–Trinajstić information content (AvgIpc) is 3.58. The number of carbonyl (C=O) groups is 1. The molecule has 8 nitrogen and oxygen atoms in total. The maximum Gasteiger partial charge on any atom is 0.342 e. The molecule has 1 atom stereocenters. The number of esters is 1. The first-order valence-electron chi connectivity index (χ1n) is 14.9. The van der Waals surface area contributed by atoms with E-state index >= 15 is 0 Å². The van der Waals surface area contributed by atoms with Crippen molar-refractivity contribution in [1.29, 1.82) is 0 Å². The summed E-state index contributed by atoms with van der Waals surface area (Å²) in [6.45, 7) is 4.81. The van der Waals surface area contributed by atoms with Gasteiger partial charge in [-0.1, -0.05) is 51.2 Å². The third kappa shape index (κ3) is 6.44. The van der Waals surface area contributed by atoms with E-state index in [9.17, 15) is 9.90 Å². The van der Waals surface area contributed by atoms with Gasteiger partial charge in [0.25, 0.3) is 5.79 Å². The Labute approximate surface area is 253 Å². The highest BCUT2D eigenvalue weighted by molar-refractivity contribution is 6.20. The van der Waals surface area contributed by atoms with Crippen LogP contribution in [0.3, 0.4) is 0 Å². The van der Waals surface area contributed by atoms with Crippen LogP contribution in [0.5, 0.6) is 28.7 Å². The van der Waals surface area contributed by atoms with Gasteiger partial charge in [-0.3, -0.25) is 0 Å². The van der Waals surface area contributed by atoms with Crippen molar-refractivity contribution in [3.63, 3.8) is 0 Å². The van der Waals surface area contributed by atoms with Crippen molar-refractivity contribution in [2.75, 3.05) is 27.6 Å². The van der Waals surface area contributed by atoms with Crippen molar-refractivity contribution in [3.05, 3.63) is 82.4 Å². The number of methoxy groups -OCH3 is 2. The second-order valence-corrected chi connectivity index (χ2v) is 10.9. The zero-order valence-corrected chi connectivity index (χ0v) is 25.4. The minimum absolute atomic E-state index is 0.108. The smallest absolute Gasteiger partial charge is 0.342 e. The van der Waals surface area contributed by atoms with Crippen LogP contribution < -0.4 is 23.7 Å². The molecule has 43 heavy (non-hydrogen) atoms. The van der Waals surface area contributed by atoms with Crippen molar-refractivity contribution < 1.29 is 38.3 Å². The summed E-state index contributed by atoms with van der Waals surface area (Å²) in [5.74, 6) is 0.406. The standard InChI is InChI=1S/C35H40O8/c1-5-6-7-8-9-10-17-40-29-14-11-24(20-31(29)39-4)19-27-33(25-12-15-30-32(21-25)42-22-41-30)34(36)43-35(27,37)26-13-16-28(38-3)23(2)18-26/h11-16,18,20-21,37H,5-10,17,19,22H2,1-4H3. The number of carbonyl (C=O) groups excluding carboxylic acids is 1. The Morgan fingerprint density at radius 3 is 2.35 bits per heavy atom. The third-order valence-corrected chi connectivity index (χ3v) is 7.97. The molecule has 228 valence electrons. The molecule has 0 amide bonds. The molecular formula is C35H40O8. The van der Waals surface area contributed by atoms with Gasteiger partial charge in [-0.2, -0.15) is 0 Å². The molecule has 8 heteroatoms. The molecule has 3 aromatic rings. The van der Waals surface area contributed by atoms with Crippen molar-refractivity contribution in [2.24, 2.45) is 0 Å². The summed E-state index contributed by atoms with van der Waals surface area (Å²) in [5.41, 5.74) is 3.29. The van der Waals surface area contributed by atoms with Crippen LogP contribution >= 0.6 is 0 Å². The summed E-state index contributed by atoms with van der Waals surface area (Å²) < 4.78 is 34.0. The quantitative estimate of drug-likeness (QED) is 0.161. The molecule has 0 fully saturated rings. The number of rotatable bonds is 14. The molecule has 0 saturated heterocycles. The lowest BCUT2D eigenvalue weighted by molar-refractivity contribution is -0.185. The highest BCUT2D eigenvalue weighted by Crippen LogP contribution is 2.47. The Morgan fingerprint density at radius 2 is 1.58 bits per heavy atom. The molecule has 0 saturated carbocycles. The molecule has 2 heterocycles. The maximum absolute atomic E-state index is 13.5. The Hall–Kier alpha value is -4.17. The summed E-state index contributed by atoms with van der Waals surface area (Å²) in [7, 11) is 3.19. The van der Waals surface area contributed by atoms with Gasteiger partial charge in [0.05, 0.1) is 26.4 Å². The molecule has 0 aliphatic carbocycles. The van der Waals surface area contributed by atoms with E-state index in [-0.39, 0.29) is 18.8 Å². The fourth-order valence-corrected chi connectivity index (χ4v) is 5.62. The molecule has 5 rings (SSSR count). The van der Waals surface area contributed by atoms with E-state index < -0.39 is 11.8 Å². The summed E-state index contributed by atoms with van der Waals surface area (Å²) in [5, 5.41) is 12.1. The molecule has 0 bridgehead atoms. The van der Waals surface area contributed by atoms with E-state index in [4.69, 9.17) is 28.4 Å². The minimum atomic E-state index is -2.00. The van der Waals surface area contributed by atoms with Crippen LogP contribution in [0.25, 0.3) is 5.57 Å². The summed E-state index contributed by atoms with van der Waals surface area (Å²) >= 11 is 0. The van der Waals surface area contributed by atoms with E-state index in [1.807, 2.05) is 25.1 Å². The molecular weight excluding hydrogens is 548 g/mol. The SMILES string of the molecule is CCCCCCCCOc1ccc(CC2=C(c3ccc4c(c3)OCO4)C(=O)OC2(O)c2ccc(OC)c(C)c2)cc1OC. The Kier molecular flexibility index (Phi) is 9.46. The first-order chi connectivity index (χ1) is 20.9. The number of aliphatic hydroxyl groups is 1. The average molecular weight is 589 g/mol. The molecule has 0 aromatic heterocycles. The van der Waals surface area contributed by atoms with Crippen LogP contribution in [-0.2, 0) is 21.7 Å². The van der Waals surface area contributed by atoms with Gasteiger partial charge in [0.1, 0.15) is 5.75 Å². The molecule has 1 N–H and O–H groups in total. The van der Waals surface area contributed by atoms with Crippen LogP contribution in [0, 0.1) is 6.92 Å². The van der Waals surface area contributed by atoms with E-state index in [1.165, 1.54) is 25.7 Å². The van der Waals surface area contributed by atoms with Gasteiger partial charge in [0.15, 0.2) is 23.0 Å². The Balaban J connectivity index is 1.47. The number of hydrogen-bond donors (Lipinski definition) is 1. The van der Waals surface area contributed by atoms with E-state index in [0.29, 0.717) is 52.1 Å². The van der Waals surface area contributed by atoms with Crippen LogP contribution in [0.15, 0.2) is 60.2 Å². The van der Waals surface area contributed by atoms with Crippen molar-refractivity contribution >= 4 is 11.5 Å². The van der Waals surface area contributed by atoms with E-state index in [2.05, 4.69) is 6.92 Å². The van der Waals surface area contributed by atoms with Gasteiger partial charge < -0.3 is 33.5 Å². The van der Waals surface area contributed by atoms with Gasteiger partial charge in [0.2, 0.25) is 6.79 Å². The zero-order valence-electron chi connectivity index (χ0n) is 25.4. The number of benzene rings is 3. The fourth-order valence-electron chi connectivity index (χ4n) is 5.62. The fraction of sp³-hybridized carbons (Fsp3) is 0.400. The predicted octanol–water partition coefficient (Wildman–Crippen LogP) is 6.88. The van der Waals surface area contributed by atoms with Crippen LogP contribution in [-0.4, -0.2) is 38.7 Å². The molecule has 3 aromatic carbocycles. The van der Waals surface area contributed by atoms with Gasteiger partial charge in [-0.15, -0.1) is 0 Å². The minimum Gasteiger partial charge on any atom is -0.496 e. The number of fused-ring (bicyclic) bond motifs is 1. The summed E-state index contributed by atoms with van der Waals surface area (Å²) in [6, 6.07) is 16.2.